The number of nitrogens with one attached hydrogen (secondary N) is 5. The average molecular weight is 1680 g/mol. The maximum Gasteiger partial charge on any atom is 0.407 e. The van der Waals surface area contributed by atoms with Crippen LogP contribution in [0.1, 0.15) is 147 Å². The molecule has 7 N–H and O–H groups in total. The molecule has 2 unspecified atom stereocenters. The van der Waals surface area contributed by atoms with Gasteiger partial charge in [0.15, 0.2) is 0 Å². The molecule has 21 nitrogen and oxygen atoms in total. The fourth-order valence-corrected chi connectivity index (χ4v) is 11.3. The number of nitrogens with zero attached hydrogens (tertiary/aromatic N) is 7. The van der Waals surface area contributed by atoms with E-state index in [0.29, 0.717) is 122 Å². The smallest absolute Gasteiger partial charge is 0.407 e. The Kier molecular flexibility index (Phi) is 38.4. The summed E-state index contributed by atoms with van der Waals surface area (Å²) >= 11 is 7.07. The van der Waals surface area contributed by atoms with E-state index in [1.165, 1.54) is 15.8 Å². The Morgan fingerprint density at radius 3 is 1.46 bits per heavy atom. The van der Waals surface area contributed by atoms with E-state index in [9.17, 15) is 34.5 Å². The normalized spacial score (nSPS) is 16.9. The van der Waals surface area contributed by atoms with Crippen LogP contribution in [0, 0.1) is 34.0 Å². The first-order valence-corrected chi connectivity index (χ1v) is 43.3. The number of nitrogens with two attached hydrogens (primary N) is 1. The van der Waals surface area contributed by atoms with Gasteiger partial charge in [-0.2, -0.15) is 15.8 Å². The van der Waals surface area contributed by atoms with Crippen molar-refractivity contribution in [2.75, 3.05) is 78.6 Å². The lowest BCUT2D eigenvalue weighted by Gasteiger charge is -2.25. The Bertz CT molecular complexity index is 3370. The summed E-state index contributed by atoms with van der Waals surface area (Å²) in [6, 6.07) is 37.1. The quantitative estimate of drug-likeness (QED) is 0.0104. The van der Waals surface area contributed by atoms with Crippen molar-refractivity contribution in [1.82, 2.24) is 35.7 Å². The Balaban J connectivity index is 0.000000310. The van der Waals surface area contributed by atoms with Crippen LogP contribution in [0.4, 0.5) is 16.4 Å². The first kappa shape index (κ1) is 81.1. The number of likely N-dealkylation sites (tertiary alicyclic amines) is 2. The molecule has 0 saturated carbocycles. The van der Waals surface area contributed by atoms with E-state index in [-0.39, 0.29) is 60.9 Å². The molecule has 0 radical (unpaired) electrons. The van der Waals surface area contributed by atoms with Gasteiger partial charge in [-0.05, 0) is 138 Å². The summed E-state index contributed by atoms with van der Waals surface area (Å²) in [5.74, 6) is 0.503. The molecule has 9 rings (SSSR count). The van der Waals surface area contributed by atoms with Crippen molar-refractivity contribution in [2.24, 2.45) is 5.73 Å². The molecule has 4 fully saturated rings. The highest BCUT2D eigenvalue weighted by Crippen LogP contribution is 2.29. The maximum absolute atomic E-state index is 13.5. The highest BCUT2D eigenvalue weighted by molar-refractivity contribution is 14.2. The molecule has 3 aromatic carbocycles. The fraction of sp³-hybridized carbons (Fsp3) is 0.500. The number of pyridine rings is 2. The molecular formula is C72H96I3N13O8Si. The van der Waals surface area contributed by atoms with Crippen molar-refractivity contribution in [3.05, 3.63) is 131 Å². The number of alkyl carbamates (subject to hydrolysis) is 1. The maximum atomic E-state index is 13.5. The zero-order valence-electron chi connectivity index (χ0n) is 56.5. The summed E-state index contributed by atoms with van der Waals surface area (Å²) in [5, 5.41) is 42.0. The summed E-state index contributed by atoms with van der Waals surface area (Å²) in [5.41, 5.74) is 10.4. The van der Waals surface area contributed by atoms with Gasteiger partial charge in [-0.3, -0.25) is 19.2 Å². The Labute approximate surface area is 614 Å². The van der Waals surface area contributed by atoms with E-state index in [1.807, 2.05) is 76.5 Å². The second-order valence-electron chi connectivity index (χ2n) is 24.5. The van der Waals surface area contributed by atoms with Gasteiger partial charge in [0.2, 0.25) is 11.8 Å². The van der Waals surface area contributed by atoms with Gasteiger partial charge in [0.05, 0.1) is 66.5 Å². The van der Waals surface area contributed by atoms with Crippen LogP contribution in [0.3, 0.4) is 0 Å². The molecule has 522 valence electrons. The number of halogens is 3. The van der Waals surface area contributed by atoms with Crippen molar-refractivity contribution in [1.29, 1.82) is 15.8 Å². The van der Waals surface area contributed by atoms with Crippen molar-refractivity contribution in [3.63, 3.8) is 0 Å². The molecule has 0 aliphatic carbocycles. The third-order valence-corrected chi connectivity index (χ3v) is 16.0. The zero-order valence-corrected chi connectivity index (χ0v) is 64.0. The summed E-state index contributed by atoms with van der Waals surface area (Å²) < 4.78 is 18.1. The molecule has 5 aromatic rings. The van der Waals surface area contributed by atoms with Crippen LogP contribution in [0.25, 0.3) is 22.5 Å². The number of amides is 5. The van der Waals surface area contributed by atoms with E-state index < -0.39 is 11.7 Å². The topological polar surface area (TPSA) is 303 Å². The lowest BCUT2D eigenvalue weighted by atomic mass is 10.0. The van der Waals surface area contributed by atoms with E-state index in [0.717, 1.165) is 95.0 Å². The van der Waals surface area contributed by atoms with E-state index in [1.54, 1.807) is 42.5 Å². The number of anilines is 2. The number of alkyl halides is 2. The van der Waals surface area contributed by atoms with Crippen LogP contribution in [0.2, 0.25) is 19.6 Å². The van der Waals surface area contributed by atoms with E-state index >= 15 is 0 Å². The van der Waals surface area contributed by atoms with Gasteiger partial charge in [-0.15, -0.1) is 21.8 Å². The highest BCUT2D eigenvalue weighted by Gasteiger charge is 2.31. The van der Waals surface area contributed by atoms with Crippen molar-refractivity contribution < 1.29 is 38.2 Å². The summed E-state index contributed by atoms with van der Waals surface area (Å²) in [4.78, 5) is 77.8. The lowest BCUT2D eigenvalue weighted by molar-refractivity contribution is -0.132. The Morgan fingerprint density at radius 1 is 0.608 bits per heavy atom. The molecular weight excluding hydrogens is 1580 g/mol. The van der Waals surface area contributed by atoms with Crippen LogP contribution >= 0.6 is 67.0 Å². The minimum Gasteiger partial charge on any atom is -0.445 e. The third kappa shape index (κ3) is 29.8. The monoisotopic (exact) mass is 1680 g/mol. The molecule has 4 saturated heterocycles. The first-order chi connectivity index (χ1) is 46.9. The molecule has 5 amide bonds. The van der Waals surface area contributed by atoms with Crippen molar-refractivity contribution in [2.45, 2.75) is 160 Å². The van der Waals surface area contributed by atoms with Gasteiger partial charge in [0.25, 0.3) is 11.8 Å². The number of carbonyl (C=O) groups excluding carboxylic acids is 5. The SMILES string of the molecule is CC#N.C[Si](C)(C)I.ICI.N#Cc1ccccc1-c1ccc(C(=O)NC[C@H]2CCCN2C(=O)CCCN)c(NCCC2CCCCO2)n1.N#Cc1ccccc1-c1ccc(C(=O)NC[C@H]2CCCN2C(=O)CCCNC(=O)OCc2ccccc2)c(NCCC2CCCCO2)n1. The molecule has 0 bridgehead atoms. The average Bonchev–Trinajstić information content (AvgIpc) is 1.58. The molecule has 4 atom stereocenters. The number of aromatic nitrogens is 2. The molecule has 4 aliphatic heterocycles. The van der Waals surface area contributed by atoms with Crippen molar-refractivity contribution in [3.8, 4) is 40.7 Å². The van der Waals surface area contributed by atoms with Crippen molar-refractivity contribution >= 4 is 114 Å². The number of nitriles is 3. The van der Waals surface area contributed by atoms with Gasteiger partial charge in [0, 0.05) is 102 Å². The second kappa shape index (κ2) is 45.9. The molecule has 4 aliphatic rings. The zero-order chi connectivity index (χ0) is 70.2. The largest absolute Gasteiger partial charge is 0.445 e. The summed E-state index contributed by atoms with van der Waals surface area (Å²) in [7, 11) is 0. The molecule has 6 heterocycles. The number of hydrogen-bond acceptors (Lipinski definition) is 16. The van der Waals surface area contributed by atoms with Crippen LogP contribution in [0.5, 0.6) is 0 Å². The number of rotatable bonds is 25. The number of hydrogen-bond donors (Lipinski definition) is 6. The van der Waals surface area contributed by atoms with Gasteiger partial charge >= 0.3 is 6.09 Å². The predicted octanol–water partition coefficient (Wildman–Crippen LogP) is 13.5. The first-order valence-electron chi connectivity index (χ1n) is 33.6. The van der Waals surface area contributed by atoms with Crippen LogP contribution in [-0.4, -0.2) is 147 Å². The molecule has 97 heavy (non-hydrogen) atoms. The minimum absolute atomic E-state index is 0.000618. The molecule has 2 aromatic heterocycles. The molecule has 0 spiro atoms. The Morgan fingerprint density at radius 2 is 1.04 bits per heavy atom. The highest BCUT2D eigenvalue weighted by atomic mass is 127. The van der Waals surface area contributed by atoms with E-state index in [2.05, 4.69) is 125 Å². The standard InChI is InChI=1S/C37H44N6O5.C29H38N6O3.C3H9ISi.C2H3N.CH2I2/c38-24-28-12-4-5-15-31(28)33-18-17-32(35(42-33)39-21-19-30-14-6-7-23-47-30)36(45)41-25-29-13-9-22-43(29)34(44)16-8-20-40-37(46)48-26-27-10-2-1-3-11-27;30-15-5-11-27(36)35-17-6-8-22(35)20-33-29(37)25-12-13-26(24-10-2-1-7-21(24)19-31)34-28(25)32-16-14-23-9-3-4-18-38-23;1-5(2,3)4;1-2-3;2-1-3/h1-5,10-12,15,17-18,29-30H,6-9,13-14,16,19-23,25-26H2,(H,39,42)(H,40,46)(H,41,45);1-2,7,10,12-13,22-23H,3-6,8-9,11,14-18,20,30H2,(H,32,34)(H,33,37);1-3H3;1H3;1H2/t29-,30?;22-,23?;;;/m11.../s1. The van der Waals surface area contributed by atoms with E-state index in [4.69, 9.17) is 35.2 Å². The van der Waals surface area contributed by atoms with Gasteiger partial charge in [-0.1, -0.05) is 132 Å². The number of ether oxygens (including phenoxy) is 3. The fourth-order valence-electron chi connectivity index (χ4n) is 11.3. The second-order valence-corrected chi connectivity index (χ2v) is 42.8. The van der Waals surface area contributed by atoms with Gasteiger partial charge in [-0.25, -0.2) is 14.8 Å². The van der Waals surface area contributed by atoms with Crippen LogP contribution in [0.15, 0.2) is 103 Å². The van der Waals surface area contributed by atoms with Gasteiger partial charge < -0.3 is 56.3 Å². The number of carbonyl (C=O) groups is 5. The van der Waals surface area contributed by atoms with Gasteiger partial charge in [0.1, 0.15) is 23.8 Å². The number of benzene rings is 3. The summed E-state index contributed by atoms with van der Waals surface area (Å²) in [6.07, 6.45) is 13.4. The predicted molar refractivity (Wildman–Crippen MR) is 410 cm³/mol. The summed E-state index contributed by atoms with van der Waals surface area (Å²) in [6.45, 7) is 14.2. The minimum atomic E-state index is -0.641. The van der Waals surface area contributed by atoms with Crippen LogP contribution in [-0.2, 0) is 30.4 Å². The Hall–Kier alpha value is -6.53. The molecule has 25 heteroatoms. The van der Waals surface area contributed by atoms with Crippen LogP contribution < -0.4 is 32.3 Å². The lowest BCUT2D eigenvalue weighted by Crippen LogP contribution is -2.43. The third-order valence-electron chi connectivity index (χ3n) is 16.0.